The molecule has 0 bridgehead atoms. The van der Waals surface area contributed by atoms with Gasteiger partial charge in [0, 0.05) is 45.3 Å². The standard InChI is InChI=1S/C24H40N4O/c1-4-26-12-14-27(15-13-26)19-24(29)25-23-6-5-11-28(18-23)17-22-9-7-21(8-10-22)16-20(2)3/h7-10,20,23H,4-6,11-19H2,1-3H3,(H,25,29)/t23-/m1/s1. The van der Waals surface area contributed by atoms with Crippen molar-refractivity contribution in [3.8, 4) is 0 Å². The molecule has 3 rings (SSSR count). The van der Waals surface area contributed by atoms with Gasteiger partial charge in [0.25, 0.3) is 0 Å². The van der Waals surface area contributed by atoms with E-state index in [1.165, 1.54) is 11.1 Å². The number of amides is 1. The summed E-state index contributed by atoms with van der Waals surface area (Å²) >= 11 is 0. The molecule has 2 aliphatic rings. The van der Waals surface area contributed by atoms with Gasteiger partial charge in [0.2, 0.25) is 5.91 Å². The second kappa shape index (κ2) is 11.1. The molecule has 0 saturated carbocycles. The number of carbonyl (C=O) groups is 1. The zero-order chi connectivity index (χ0) is 20.6. The van der Waals surface area contributed by atoms with Gasteiger partial charge in [-0.3, -0.25) is 14.6 Å². The molecule has 0 aliphatic carbocycles. The Hall–Kier alpha value is -1.43. The maximum absolute atomic E-state index is 12.5. The highest BCUT2D eigenvalue weighted by molar-refractivity contribution is 5.78. The number of likely N-dealkylation sites (tertiary alicyclic amines) is 1. The van der Waals surface area contributed by atoms with Crippen LogP contribution in [0.1, 0.15) is 44.7 Å². The number of hydrogen-bond acceptors (Lipinski definition) is 4. The van der Waals surface area contributed by atoms with Gasteiger partial charge in [-0.05, 0) is 49.4 Å². The van der Waals surface area contributed by atoms with Gasteiger partial charge in [0.1, 0.15) is 0 Å². The molecule has 1 N–H and O–H groups in total. The zero-order valence-electron chi connectivity index (χ0n) is 18.7. The van der Waals surface area contributed by atoms with Crippen molar-refractivity contribution in [2.45, 2.75) is 52.6 Å². The maximum atomic E-state index is 12.5. The molecule has 0 spiro atoms. The Kier molecular flexibility index (Phi) is 8.52. The molecule has 2 saturated heterocycles. The first-order valence-electron chi connectivity index (χ1n) is 11.6. The lowest BCUT2D eigenvalue weighted by Crippen LogP contribution is -2.52. The van der Waals surface area contributed by atoms with E-state index in [0.717, 1.165) is 71.6 Å². The second-order valence-corrected chi connectivity index (χ2v) is 9.27. The van der Waals surface area contributed by atoms with Gasteiger partial charge in [-0.1, -0.05) is 45.0 Å². The monoisotopic (exact) mass is 400 g/mol. The minimum atomic E-state index is 0.194. The summed E-state index contributed by atoms with van der Waals surface area (Å²) in [7, 11) is 0. The summed E-state index contributed by atoms with van der Waals surface area (Å²) in [6.45, 7) is 15.6. The molecule has 1 amide bonds. The Morgan fingerprint density at radius 2 is 1.66 bits per heavy atom. The molecule has 162 valence electrons. The Labute approximate surface area is 177 Å². The third kappa shape index (κ3) is 7.40. The van der Waals surface area contributed by atoms with Gasteiger partial charge in [-0.2, -0.15) is 0 Å². The van der Waals surface area contributed by atoms with Gasteiger partial charge in [0.15, 0.2) is 0 Å². The van der Waals surface area contributed by atoms with Crippen molar-refractivity contribution in [2.24, 2.45) is 5.92 Å². The van der Waals surface area contributed by atoms with Crippen molar-refractivity contribution in [1.29, 1.82) is 0 Å². The summed E-state index contributed by atoms with van der Waals surface area (Å²) in [6.07, 6.45) is 3.40. The molecule has 2 aliphatic heterocycles. The summed E-state index contributed by atoms with van der Waals surface area (Å²) < 4.78 is 0. The topological polar surface area (TPSA) is 38.8 Å². The molecule has 2 fully saturated rings. The average Bonchev–Trinajstić information content (AvgIpc) is 2.70. The number of benzene rings is 1. The highest BCUT2D eigenvalue weighted by Gasteiger charge is 2.23. The number of nitrogens with one attached hydrogen (secondary N) is 1. The fraction of sp³-hybridized carbons (Fsp3) is 0.708. The lowest BCUT2D eigenvalue weighted by atomic mass is 10.0. The molecule has 0 aromatic heterocycles. The normalized spacial score (nSPS) is 22.1. The molecule has 1 aromatic carbocycles. The third-order valence-electron chi connectivity index (χ3n) is 6.22. The van der Waals surface area contributed by atoms with Crippen LogP contribution in [0, 0.1) is 5.92 Å². The second-order valence-electron chi connectivity index (χ2n) is 9.27. The van der Waals surface area contributed by atoms with Gasteiger partial charge in [0.05, 0.1) is 6.54 Å². The van der Waals surface area contributed by atoms with Crippen LogP contribution >= 0.6 is 0 Å². The van der Waals surface area contributed by atoms with E-state index in [9.17, 15) is 4.79 Å². The van der Waals surface area contributed by atoms with E-state index < -0.39 is 0 Å². The Morgan fingerprint density at radius 3 is 2.31 bits per heavy atom. The van der Waals surface area contributed by atoms with E-state index in [2.05, 4.69) is 65.1 Å². The molecular formula is C24H40N4O. The molecule has 5 nitrogen and oxygen atoms in total. The van der Waals surface area contributed by atoms with Crippen molar-refractivity contribution in [2.75, 3.05) is 52.4 Å². The number of rotatable bonds is 8. The quantitative estimate of drug-likeness (QED) is 0.728. The van der Waals surface area contributed by atoms with Crippen LogP contribution < -0.4 is 5.32 Å². The van der Waals surface area contributed by atoms with Gasteiger partial charge in [-0.15, -0.1) is 0 Å². The van der Waals surface area contributed by atoms with E-state index in [0.29, 0.717) is 12.5 Å². The predicted octanol–water partition coefficient (Wildman–Crippen LogP) is 2.60. The van der Waals surface area contributed by atoms with Gasteiger partial charge >= 0.3 is 0 Å². The smallest absolute Gasteiger partial charge is 0.234 e. The van der Waals surface area contributed by atoms with Crippen LogP contribution in [-0.2, 0) is 17.8 Å². The number of nitrogens with zero attached hydrogens (tertiary/aromatic N) is 3. The summed E-state index contributed by atoms with van der Waals surface area (Å²) in [5.41, 5.74) is 2.80. The average molecular weight is 401 g/mol. The fourth-order valence-corrected chi connectivity index (χ4v) is 4.57. The molecule has 5 heteroatoms. The molecule has 1 atom stereocenters. The van der Waals surface area contributed by atoms with Crippen LogP contribution in [0.3, 0.4) is 0 Å². The number of carbonyl (C=O) groups excluding carboxylic acids is 1. The number of hydrogen-bond donors (Lipinski definition) is 1. The van der Waals surface area contributed by atoms with E-state index in [4.69, 9.17) is 0 Å². The minimum Gasteiger partial charge on any atom is -0.351 e. The summed E-state index contributed by atoms with van der Waals surface area (Å²) in [4.78, 5) is 19.8. The maximum Gasteiger partial charge on any atom is 0.234 e. The first-order chi connectivity index (χ1) is 14.0. The van der Waals surface area contributed by atoms with Crippen molar-refractivity contribution in [1.82, 2.24) is 20.0 Å². The number of likely N-dealkylation sites (N-methyl/N-ethyl adjacent to an activating group) is 1. The molecule has 0 unspecified atom stereocenters. The van der Waals surface area contributed by atoms with Crippen LogP contribution in [0.15, 0.2) is 24.3 Å². The Morgan fingerprint density at radius 1 is 1.00 bits per heavy atom. The van der Waals surface area contributed by atoms with Crippen molar-refractivity contribution >= 4 is 5.91 Å². The zero-order valence-corrected chi connectivity index (χ0v) is 18.7. The van der Waals surface area contributed by atoms with Crippen LogP contribution in [0.5, 0.6) is 0 Å². The summed E-state index contributed by atoms with van der Waals surface area (Å²) in [5, 5.41) is 3.30. The van der Waals surface area contributed by atoms with E-state index >= 15 is 0 Å². The molecule has 1 aromatic rings. The third-order valence-corrected chi connectivity index (χ3v) is 6.22. The Bertz CT molecular complexity index is 622. The van der Waals surface area contributed by atoms with Crippen molar-refractivity contribution < 1.29 is 4.79 Å². The van der Waals surface area contributed by atoms with Crippen LogP contribution in [0.4, 0.5) is 0 Å². The van der Waals surface area contributed by atoms with Crippen LogP contribution in [0.2, 0.25) is 0 Å². The minimum absolute atomic E-state index is 0.194. The number of piperazine rings is 1. The first-order valence-corrected chi connectivity index (χ1v) is 11.6. The molecule has 2 heterocycles. The van der Waals surface area contributed by atoms with Gasteiger partial charge in [-0.25, -0.2) is 0 Å². The SMILES string of the molecule is CCN1CCN(CC(=O)N[C@@H]2CCCN(Cc3ccc(CC(C)C)cc3)C2)CC1. The highest BCUT2D eigenvalue weighted by atomic mass is 16.2. The van der Waals surface area contributed by atoms with Crippen LogP contribution in [-0.4, -0.2) is 79.0 Å². The molecule has 0 radical (unpaired) electrons. The predicted molar refractivity (Wildman–Crippen MR) is 120 cm³/mol. The molecule has 29 heavy (non-hydrogen) atoms. The van der Waals surface area contributed by atoms with E-state index in [-0.39, 0.29) is 11.9 Å². The highest BCUT2D eigenvalue weighted by Crippen LogP contribution is 2.16. The first kappa shape index (κ1) is 22.3. The summed E-state index contributed by atoms with van der Waals surface area (Å²) in [5.74, 6) is 0.891. The van der Waals surface area contributed by atoms with E-state index in [1.54, 1.807) is 0 Å². The molecular weight excluding hydrogens is 360 g/mol. The summed E-state index contributed by atoms with van der Waals surface area (Å²) in [6, 6.07) is 9.38. The fourth-order valence-electron chi connectivity index (χ4n) is 4.57. The van der Waals surface area contributed by atoms with Crippen molar-refractivity contribution in [3.05, 3.63) is 35.4 Å². The lowest BCUT2D eigenvalue weighted by molar-refractivity contribution is -0.123. The van der Waals surface area contributed by atoms with Crippen molar-refractivity contribution in [3.63, 3.8) is 0 Å². The number of piperidine rings is 1. The van der Waals surface area contributed by atoms with Crippen LogP contribution in [0.25, 0.3) is 0 Å². The largest absolute Gasteiger partial charge is 0.351 e. The lowest BCUT2D eigenvalue weighted by Gasteiger charge is -2.35. The Balaban J connectivity index is 1.41. The van der Waals surface area contributed by atoms with Gasteiger partial charge < -0.3 is 10.2 Å². The van der Waals surface area contributed by atoms with E-state index in [1.807, 2.05) is 0 Å².